The number of aryl methyl sites for hydroxylation is 1. The Balaban J connectivity index is 1.48. The van der Waals surface area contributed by atoms with E-state index >= 15 is 0 Å². The van der Waals surface area contributed by atoms with Crippen molar-refractivity contribution in [3.8, 4) is 5.69 Å². The second-order valence-corrected chi connectivity index (χ2v) is 8.20. The number of thioether (sulfide) groups is 1. The molecular formula is C21H22N4OS. The fourth-order valence-corrected chi connectivity index (χ4v) is 3.57. The number of para-hydroxylation sites is 1. The SMILES string of the molecule is Cc1ccc(NC(=O)[C@H](C)Sc2nc(C3CC3)n(-c3ccccc3)n2)cc1. The summed E-state index contributed by atoms with van der Waals surface area (Å²) in [6, 6.07) is 17.8. The van der Waals surface area contributed by atoms with Gasteiger partial charge in [0.15, 0.2) is 0 Å². The Morgan fingerprint density at radius 1 is 1.15 bits per heavy atom. The fourth-order valence-electron chi connectivity index (χ4n) is 2.81. The molecule has 27 heavy (non-hydrogen) atoms. The Bertz CT molecular complexity index is 933. The zero-order valence-corrected chi connectivity index (χ0v) is 16.2. The number of hydrogen-bond acceptors (Lipinski definition) is 4. The molecule has 1 aliphatic rings. The normalized spacial score (nSPS) is 14.7. The molecule has 1 atom stereocenters. The van der Waals surface area contributed by atoms with Crippen molar-refractivity contribution in [1.29, 1.82) is 0 Å². The highest BCUT2D eigenvalue weighted by molar-refractivity contribution is 8.00. The molecule has 0 bridgehead atoms. The Morgan fingerprint density at radius 3 is 2.52 bits per heavy atom. The van der Waals surface area contributed by atoms with E-state index in [0.717, 1.165) is 30.0 Å². The number of nitrogens with zero attached hydrogens (tertiary/aromatic N) is 3. The van der Waals surface area contributed by atoms with Crippen molar-refractivity contribution in [3.63, 3.8) is 0 Å². The van der Waals surface area contributed by atoms with E-state index in [4.69, 9.17) is 4.98 Å². The molecular weight excluding hydrogens is 356 g/mol. The fraction of sp³-hybridized carbons (Fsp3) is 0.286. The topological polar surface area (TPSA) is 59.8 Å². The first-order valence-electron chi connectivity index (χ1n) is 9.17. The van der Waals surface area contributed by atoms with Crippen LogP contribution in [0.2, 0.25) is 0 Å². The van der Waals surface area contributed by atoms with Gasteiger partial charge in [-0.25, -0.2) is 9.67 Å². The van der Waals surface area contributed by atoms with Gasteiger partial charge in [0.2, 0.25) is 11.1 Å². The highest BCUT2D eigenvalue weighted by Crippen LogP contribution is 2.40. The molecule has 5 nitrogen and oxygen atoms in total. The zero-order chi connectivity index (χ0) is 18.8. The van der Waals surface area contributed by atoms with Crippen molar-refractivity contribution >= 4 is 23.4 Å². The minimum atomic E-state index is -0.287. The summed E-state index contributed by atoms with van der Waals surface area (Å²) in [5, 5.41) is 7.99. The first kappa shape index (κ1) is 17.8. The first-order chi connectivity index (χ1) is 13.1. The van der Waals surface area contributed by atoms with Crippen LogP contribution in [0.15, 0.2) is 59.8 Å². The highest BCUT2D eigenvalue weighted by atomic mass is 32.2. The number of aromatic nitrogens is 3. The molecule has 6 heteroatoms. The largest absolute Gasteiger partial charge is 0.325 e. The molecule has 2 aromatic carbocycles. The molecule has 1 amide bonds. The number of carbonyl (C=O) groups excluding carboxylic acids is 1. The number of amides is 1. The van der Waals surface area contributed by atoms with E-state index in [2.05, 4.69) is 10.4 Å². The van der Waals surface area contributed by atoms with E-state index in [1.165, 1.54) is 17.3 Å². The molecule has 4 rings (SSSR count). The van der Waals surface area contributed by atoms with Gasteiger partial charge in [0.05, 0.1) is 10.9 Å². The van der Waals surface area contributed by atoms with Gasteiger partial charge in [-0.15, -0.1) is 5.10 Å². The van der Waals surface area contributed by atoms with Crippen molar-refractivity contribution in [2.75, 3.05) is 5.32 Å². The third-order valence-corrected chi connectivity index (χ3v) is 5.48. The predicted octanol–water partition coefficient (Wildman–Crippen LogP) is 4.57. The van der Waals surface area contributed by atoms with Gasteiger partial charge in [-0.2, -0.15) is 0 Å². The lowest BCUT2D eigenvalue weighted by Crippen LogP contribution is -2.22. The van der Waals surface area contributed by atoms with Crippen LogP contribution in [0.25, 0.3) is 5.69 Å². The summed E-state index contributed by atoms with van der Waals surface area (Å²) in [5.74, 6) is 1.42. The lowest BCUT2D eigenvalue weighted by molar-refractivity contribution is -0.115. The summed E-state index contributed by atoms with van der Waals surface area (Å²) in [6.45, 7) is 3.91. The summed E-state index contributed by atoms with van der Waals surface area (Å²) in [5.41, 5.74) is 2.98. The van der Waals surface area contributed by atoms with Crippen LogP contribution in [0.3, 0.4) is 0 Å². The molecule has 1 saturated carbocycles. The molecule has 1 aromatic heterocycles. The van der Waals surface area contributed by atoms with E-state index in [0.29, 0.717) is 11.1 Å². The molecule has 0 unspecified atom stereocenters. The van der Waals surface area contributed by atoms with Gasteiger partial charge < -0.3 is 5.32 Å². The number of carbonyl (C=O) groups is 1. The van der Waals surface area contributed by atoms with Crippen LogP contribution in [-0.4, -0.2) is 25.9 Å². The van der Waals surface area contributed by atoms with Gasteiger partial charge in [0.1, 0.15) is 5.82 Å². The summed E-state index contributed by atoms with van der Waals surface area (Å²) in [7, 11) is 0. The molecule has 0 saturated heterocycles. The second-order valence-electron chi connectivity index (χ2n) is 6.89. The number of hydrogen-bond donors (Lipinski definition) is 1. The Labute approximate surface area is 163 Å². The molecule has 1 heterocycles. The van der Waals surface area contributed by atoms with E-state index < -0.39 is 0 Å². The Hall–Kier alpha value is -2.60. The number of benzene rings is 2. The van der Waals surface area contributed by atoms with Crippen molar-refractivity contribution in [2.45, 2.75) is 43.0 Å². The van der Waals surface area contributed by atoms with Crippen molar-refractivity contribution in [1.82, 2.24) is 14.8 Å². The molecule has 0 spiro atoms. The lowest BCUT2D eigenvalue weighted by Gasteiger charge is -2.10. The maximum atomic E-state index is 12.5. The van der Waals surface area contributed by atoms with E-state index in [1.807, 2.05) is 73.1 Å². The third kappa shape index (κ3) is 4.22. The highest BCUT2D eigenvalue weighted by Gasteiger charge is 2.31. The van der Waals surface area contributed by atoms with Crippen LogP contribution in [0, 0.1) is 6.92 Å². The van der Waals surface area contributed by atoms with Crippen LogP contribution in [0.4, 0.5) is 5.69 Å². The van der Waals surface area contributed by atoms with Crippen LogP contribution >= 0.6 is 11.8 Å². The maximum Gasteiger partial charge on any atom is 0.237 e. The van der Waals surface area contributed by atoms with Crippen molar-refractivity contribution < 1.29 is 4.79 Å². The summed E-state index contributed by atoms with van der Waals surface area (Å²) in [4.78, 5) is 17.2. The Kier molecular flexibility index (Phi) is 4.99. The van der Waals surface area contributed by atoms with Gasteiger partial charge in [0, 0.05) is 11.6 Å². The summed E-state index contributed by atoms with van der Waals surface area (Å²) < 4.78 is 1.92. The van der Waals surface area contributed by atoms with E-state index in [1.54, 1.807) is 0 Å². The zero-order valence-electron chi connectivity index (χ0n) is 15.4. The number of anilines is 1. The first-order valence-corrected chi connectivity index (χ1v) is 10.0. The Morgan fingerprint density at radius 2 is 1.85 bits per heavy atom. The second kappa shape index (κ2) is 7.56. The predicted molar refractivity (Wildman–Crippen MR) is 108 cm³/mol. The minimum Gasteiger partial charge on any atom is -0.325 e. The van der Waals surface area contributed by atoms with Gasteiger partial charge in [0.25, 0.3) is 0 Å². The molecule has 3 aromatic rings. The molecule has 1 aliphatic carbocycles. The molecule has 138 valence electrons. The van der Waals surface area contributed by atoms with Crippen LogP contribution in [0.5, 0.6) is 0 Å². The smallest absolute Gasteiger partial charge is 0.237 e. The van der Waals surface area contributed by atoms with Gasteiger partial charge in [-0.3, -0.25) is 4.79 Å². The third-order valence-electron chi connectivity index (χ3n) is 4.53. The molecule has 0 radical (unpaired) electrons. The quantitative estimate of drug-likeness (QED) is 0.638. The number of rotatable bonds is 6. The molecule has 1 fully saturated rings. The maximum absolute atomic E-state index is 12.5. The van der Waals surface area contributed by atoms with Gasteiger partial charge in [-0.1, -0.05) is 47.7 Å². The van der Waals surface area contributed by atoms with Gasteiger partial charge in [-0.05, 0) is 51.0 Å². The van der Waals surface area contributed by atoms with E-state index in [-0.39, 0.29) is 11.2 Å². The molecule has 0 aliphatic heterocycles. The number of nitrogens with one attached hydrogen (secondary N) is 1. The van der Waals surface area contributed by atoms with Gasteiger partial charge >= 0.3 is 0 Å². The van der Waals surface area contributed by atoms with Crippen molar-refractivity contribution in [3.05, 3.63) is 66.0 Å². The summed E-state index contributed by atoms with van der Waals surface area (Å²) in [6.07, 6.45) is 2.30. The van der Waals surface area contributed by atoms with E-state index in [9.17, 15) is 4.79 Å². The average Bonchev–Trinajstić information content (AvgIpc) is 3.44. The monoisotopic (exact) mass is 378 g/mol. The van der Waals surface area contributed by atoms with Crippen LogP contribution in [-0.2, 0) is 4.79 Å². The average molecular weight is 379 g/mol. The minimum absolute atomic E-state index is 0.0483. The van der Waals surface area contributed by atoms with Crippen molar-refractivity contribution in [2.24, 2.45) is 0 Å². The molecule has 1 N–H and O–H groups in total. The summed E-state index contributed by atoms with van der Waals surface area (Å²) >= 11 is 1.39. The lowest BCUT2D eigenvalue weighted by atomic mass is 10.2. The standard InChI is InChI=1S/C21H22N4OS/c1-14-8-12-17(13-9-14)22-20(26)15(2)27-21-23-19(16-10-11-16)25(24-21)18-6-4-3-5-7-18/h3-9,12-13,15-16H,10-11H2,1-2H3,(H,22,26)/t15-/m0/s1. The van der Waals surface area contributed by atoms with Crippen LogP contribution < -0.4 is 5.32 Å². The van der Waals surface area contributed by atoms with Crippen LogP contribution in [0.1, 0.15) is 37.1 Å².